The second-order valence-electron chi connectivity index (χ2n) is 2.78. The van der Waals surface area contributed by atoms with Gasteiger partial charge in [0.25, 0.3) is 0 Å². The molecule has 0 aliphatic heterocycles. The summed E-state index contributed by atoms with van der Waals surface area (Å²) >= 11 is 2.67. The molecule has 1 rings (SSSR count). The minimum absolute atomic E-state index is 0.0693. The molecule has 0 heterocycles. The summed E-state index contributed by atoms with van der Waals surface area (Å²) in [4.78, 5) is 13.1. The number of rotatable bonds is 4. The number of isocyanates is 1. The average Bonchev–Trinajstić information content (AvgIpc) is 2.22. The van der Waals surface area contributed by atoms with Crippen molar-refractivity contribution in [3.63, 3.8) is 0 Å². The molecule has 0 N–H and O–H groups in total. The fourth-order valence-corrected chi connectivity index (χ4v) is 2.17. The van der Waals surface area contributed by atoms with Gasteiger partial charge in [-0.3, -0.25) is 0 Å². The van der Waals surface area contributed by atoms with Crippen LogP contribution in [0.3, 0.4) is 0 Å². The molecule has 0 saturated carbocycles. The highest BCUT2D eigenvalue weighted by Gasteiger charge is 2.42. The fraction of sp³-hybridized carbons (Fsp3) is 0.222. The lowest BCUT2D eigenvalue weighted by molar-refractivity contribution is -0.0563. The number of nitrogens with zero attached hydrogens (tertiary/aromatic N) is 1. The van der Waals surface area contributed by atoms with Crippen LogP contribution >= 0.6 is 27.7 Å². The lowest BCUT2D eigenvalue weighted by Crippen LogP contribution is -2.21. The number of aliphatic imine (C=N–C) groups is 1. The van der Waals surface area contributed by atoms with Crippen molar-refractivity contribution in [1.29, 1.82) is 0 Å². The molecular formula is C9H4BrF4NOS. The summed E-state index contributed by atoms with van der Waals surface area (Å²) in [6.07, 6.45) is -2.48. The van der Waals surface area contributed by atoms with Crippen LogP contribution in [0.1, 0.15) is 0 Å². The van der Waals surface area contributed by atoms with E-state index in [0.29, 0.717) is 0 Å². The first kappa shape index (κ1) is 14.2. The lowest BCUT2D eigenvalue weighted by Gasteiger charge is -2.15. The molecule has 0 aromatic heterocycles. The van der Waals surface area contributed by atoms with Crippen molar-refractivity contribution in [2.24, 2.45) is 4.99 Å². The third kappa shape index (κ3) is 3.83. The fourth-order valence-electron chi connectivity index (χ4n) is 0.886. The van der Waals surface area contributed by atoms with Crippen LogP contribution < -0.4 is 0 Å². The molecule has 92 valence electrons. The van der Waals surface area contributed by atoms with Gasteiger partial charge in [0.1, 0.15) is 0 Å². The Bertz CT molecular complexity index is 462. The van der Waals surface area contributed by atoms with E-state index in [2.05, 4.69) is 20.9 Å². The Labute approximate surface area is 106 Å². The van der Waals surface area contributed by atoms with Crippen molar-refractivity contribution in [3.05, 3.63) is 22.7 Å². The van der Waals surface area contributed by atoms with Gasteiger partial charge in [0, 0.05) is 9.37 Å². The minimum Gasteiger partial charge on any atom is -0.211 e. The van der Waals surface area contributed by atoms with E-state index in [1.807, 2.05) is 0 Å². The largest absolute Gasteiger partial charge is 0.357 e. The first-order valence-corrected chi connectivity index (χ1v) is 5.70. The molecule has 0 radical (unpaired) electrons. The van der Waals surface area contributed by atoms with E-state index in [9.17, 15) is 22.4 Å². The molecule has 8 heteroatoms. The van der Waals surface area contributed by atoms with Crippen molar-refractivity contribution in [2.45, 2.75) is 16.6 Å². The summed E-state index contributed by atoms with van der Waals surface area (Å²) in [5.74, 6) is 0. The second-order valence-corrected chi connectivity index (χ2v) is 4.82. The molecule has 0 atom stereocenters. The Kier molecular flexibility index (Phi) is 4.73. The van der Waals surface area contributed by atoms with Crippen LogP contribution in [0.5, 0.6) is 0 Å². The molecular weight excluding hydrogens is 326 g/mol. The summed E-state index contributed by atoms with van der Waals surface area (Å²) in [5, 5.41) is -4.17. The molecule has 1 aromatic carbocycles. The Morgan fingerprint density at radius 3 is 2.53 bits per heavy atom. The number of thioether (sulfide) groups is 1. The van der Waals surface area contributed by atoms with Gasteiger partial charge < -0.3 is 0 Å². The SMILES string of the molecule is O=C=Nc1ccc(SC(F)(F)C(F)F)c(Br)c1. The smallest absolute Gasteiger partial charge is 0.211 e. The molecule has 0 saturated heterocycles. The monoisotopic (exact) mass is 329 g/mol. The van der Waals surface area contributed by atoms with Gasteiger partial charge in [0.2, 0.25) is 6.08 Å². The number of carbonyl (C=O) groups excluding carboxylic acids is 1. The summed E-state index contributed by atoms with van der Waals surface area (Å²) in [6.45, 7) is 0. The molecule has 0 unspecified atom stereocenters. The zero-order chi connectivity index (χ0) is 13.1. The standard InChI is InChI=1S/C9H4BrF4NOS/c10-6-3-5(15-4-16)1-2-7(6)17-9(13,14)8(11)12/h1-3,8H. The Morgan fingerprint density at radius 2 is 2.06 bits per heavy atom. The quantitative estimate of drug-likeness (QED) is 0.355. The highest BCUT2D eigenvalue weighted by molar-refractivity contribution is 9.10. The van der Waals surface area contributed by atoms with Crippen LogP contribution in [0.25, 0.3) is 0 Å². The van der Waals surface area contributed by atoms with Gasteiger partial charge in [-0.2, -0.15) is 13.8 Å². The van der Waals surface area contributed by atoms with Gasteiger partial charge in [-0.25, -0.2) is 13.6 Å². The Morgan fingerprint density at radius 1 is 1.41 bits per heavy atom. The maximum atomic E-state index is 12.8. The highest BCUT2D eigenvalue weighted by atomic mass is 79.9. The molecule has 0 fully saturated rings. The Balaban J connectivity index is 2.97. The molecule has 1 aromatic rings. The maximum absolute atomic E-state index is 12.8. The number of hydrogen-bond acceptors (Lipinski definition) is 3. The molecule has 0 aliphatic carbocycles. The van der Waals surface area contributed by atoms with Crippen LogP contribution in [0.15, 0.2) is 32.6 Å². The predicted octanol–water partition coefficient (Wildman–Crippen LogP) is 4.37. The van der Waals surface area contributed by atoms with Gasteiger partial charge in [-0.1, -0.05) is 0 Å². The third-order valence-corrected chi connectivity index (χ3v) is 3.54. The summed E-state index contributed by atoms with van der Waals surface area (Å²) in [5.41, 5.74) is 0.191. The van der Waals surface area contributed by atoms with Crippen molar-refractivity contribution >= 4 is 39.5 Å². The summed E-state index contributed by atoms with van der Waals surface area (Å²) in [7, 11) is 0. The van der Waals surface area contributed by atoms with E-state index in [4.69, 9.17) is 0 Å². The average molecular weight is 330 g/mol. The summed E-state index contributed by atoms with van der Waals surface area (Å²) < 4.78 is 49.6. The summed E-state index contributed by atoms with van der Waals surface area (Å²) in [6, 6.07) is 3.68. The molecule has 0 aliphatic rings. The first-order chi connectivity index (χ1) is 7.86. The van der Waals surface area contributed by atoms with E-state index >= 15 is 0 Å². The molecule has 0 spiro atoms. The van der Waals surface area contributed by atoms with Gasteiger partial charge in [-0.15, -0.1) is 0 Å². The normalized spacial score (nSPS) is 11.4. The van der Waals surface area contributed by atoms with E-state index in [0.717, 1.165) is 0 Å². The highest BCUT2D eigenvalue weighted by Crippen LogP contribution is 2.43. The second kappa shape index (κ2) is 5.66. The van der Waals surface area contributed by atoms with E-state index in [1.165, 1.54) is 24.3 Å². The number of halogens is 5. The van der Waals surface area contributed by atoms with Gasteiger partial charge >= 0.3 is 11.7 Å². The number of alkyl halides is 4. The molecule has 0 bridgehead atoms. The van der Waals surface area contributed by atoms with Crippen LogP contribution in [0.4, 0.5) is 23.2 Å². The van der Waals surface area contributed by atoms with Crippen LogP contribution in [0.2, 0.25) is 0 Å². The third-order valence-electron chi connectivity index (χ3n) is 1.59. The molecule has 2 nitrogen and oxygen atoms in total. The van der Waals surface area contributed by atoms with Crippen molar-refractivity contribution in [1.82, 2.24) is 0 Å². The van der Waals surface area contributed by atoms with E-state index < -0.39 is 11.7 Å². The van der Waals surface area contributed by atoms with Crippen LogP contribution in [-0.2, 0) is 4.79 Å². The van der Waals surface area contributed by atoms with Crippen molar-refractivity contribution < 1.29 is 22.4 Å². The van der Waals surface area contributed by atoms with Crippen molar-refractivity contribution in [2.75, 3.05) is 0 Å². The zero-order valence-corrected chi connectivity index (χ0v) is 10.4. The predicted molar refractivity (Wildman–Crippen MR) is 58.7 cm³/mol. The Hall–Kier alpha value is -0.850. The molecule has 0 amide bonds. The van der Waals surface area contributed by atoms with Gasteiger partial charge in [0.05, 0.1) is 5.69 Å². The van der Waals surface area contributed by atoms with Crippen molar-refractivity contribution in [3.8, 4) is 0 Å². The topological polar surface area (TPSA) is 29.4 Å². The minimum atomic E-state index is -4.17. The van der Waals surface area contributed by atoms with E-state index in [-0.39, 0.29) is 26.8 Å². The van der Waals surface area contributed by atoms with Crippen LogP contribution in [-0.4, -0.2) is 17.8 Å². The van der Waals surface area contributed by atoms with Gasteiger partial charge in [0.15, 0.2) is 0 Å². The zero-order valence-electron chi connectivity index (χ0n) is 7.96. The van der Waals surface area contributed by atoms with Crippen LogP contribution in [0, 0.1) is 0 Å². The molecule has 17 heavy (non-hydrogen) atoms. The lowest BCUT2D eigenvalue weighted by atomic mass is 10.3. The van der Waals surface area contributed by atoms with Gasteiger partial charge in [-0.05, 0) is 45.9 Å². The maximum Gasteiger partial charge on any atom is 0.357 e. The number of hydrogen-bond donors (Lipinski definition) is 0. The van der Waals surface area contributed by atoms with E-state index in [1.54, 1.807) is 0 Å². The first-order valence-electron chi connectivity index (χ1n) is 4.09. The number of benzene rings is 1.